The standard InChI is InChI=1S/C46H39ClF2N4O9S2/c47-37-23-29(16-19-38(37)49)40-21-18-32(25-51-40)53(64(58)59)42-13-3-11-36-34(42)9-5-15-44(36)61-27-46(55)62-45(54)26-60-43-14-4-8-33-35(43)10-2-12-41(33)52(63(56)57)31-17-20-39(50-24-31)28-6-1-7-30(48)22-28/h1,4-9,14-25,41-42H,2-3,10-13,26-27H2,(H,56,57)(H,58,59). The summed E-state index contributed by atoms with van der Waals surface area (Å²) < 4.78 is 93.5. The molecule has 8 rings (SSSR count). The summed E-state index contributed by atoms with van der Waals surface area (Å²) in [6, 6.07) is 26.1. The summed E-state index contributed by atoms with van der Waals surface area (Å²) in [7, 11) is 0. The van der Waals surface area contributed by atoms with Gasteiger partial charge in [-0.3, -0.25) is 27.7 Å². The van der Waals surface area contributed by atoms with Crippen LogP contribution in [0.3, 0.4) is 0 Å². The first-order valence-corrected chi connectivity index (χ1v) is 22.6. The van der Waals surface area contributed by atoms with Crippen molar-refractivity contribution in [2.45, 2.75) is 50.6 Å². The third-order valence-corrected chi connectivity index (χ3v) is 12.9. The van der Waals surface area contributed by atoms with E-state index in [0.717, 1.165) is 22.3 Å². The molecule has 0 saturated carbocycles. The van der Waals surface area contributed by atoms with E-state index in [1.165, 1.54) is 51.3 Å². The number of anilines is 2. The first-order valence-electron chi connectivity index (χ1n) is 20.1. The van der Waals surface area contributed by atoms with Gasteiger partial charge in [0.15, 0.2) is 13.2 Å². The molecule has 4 aromatic carbocycles. The van der Waals surface area contributed by atoms with Crippen LogP contribution in [-0.2, 0) is 49.7 Å². The van der Waals surface area contributed by atoms with Crippen LogP contribution in [0, 0.1) is 11.6 Å². The maximum absolute atomic E-state index is 13.8. The Morgan fingerprint density at radius 1 is 0.672 bits per heavy atom. The highest BCUT2D eigenvalue weighted by molar-refractivity contribution is 7.81. The molecule has 2 N–H and O–H groups in total. The lowest BCUT2D eigenvalue weighted by atomic mass is 9.87. The van der Waals surface area contributed by atoms with Crippen LogP contribution in [0.1, 0.15) is 60.0 Å². The van der Waals surface area contributed by atoms with Crippen LogP contribution in [0.2, 0.25) is 5.02 Å². The number of halogens is 3. The molecule has 0 fully saturated rings. The normalized spacial score (nSPS) is 16.4. The highest BCUT2D eigenvalue weighted by Gasteiger charge is 2.33. The minimum absolute atomic E-state index is 0.0542. The van der Waals surface area contributed by atoms with Crippen LogP contribution >= 0.6 is 11.6 Å². The van der Waals surface area contributed by atoms with Crippen LogP contribution in [0.5, 0.6) is 11.5 Å². The van der Waals surface area contributed by atoms with Gasteiger partial charge in [-0.2, -0.15) is 0 Å². The molecule has 0 radical (unpaired) electrons. The molecule has 0 amide bonds. The number of fused-ring (bicyclic) bond motifs is 2. The molecular weight excluding hydrogens is 890 g/mol. The number of esters is 2. The van der Waals surface area contributed by atoms with Crippen molar-refractivity contribution in [2.75, 3.05) is 21.8 Å². The summed E-state index contributed by atoms with van der Waals surface area (Å²) in [5.41, 5.74) is 5.78. The molecule has 2 aromatic heterocycles. The number of ether oxygens (including phenoxy) is 3. The van der Waals surface area contributed by atoms with Crippen molar-refractivity contribution in [1.29, 1.82) is 0 Å². The summed E-state index contributed by atoms with van der Waals surface area (Å²) in [4.78, 5) is 34.6. The zero-order valence-electron chi connectivity index (χ0n) is 33.8. The highest BCUT2D eigenvalue weighted by Crippen LogP contribution is 2.43. The fourth-order valence-corrected chi connectivity index (χ4v) is 9.86. The predicted octanol–water partition coefficient (Wildman–Crippen LogP) is 9.31. The van der Waals surface area contributed by atoms with E-state index >= 15 is 0 Å². The van der Waals surface area contributed by atoms with Crippen LogP contribution in [0.4, 0.5) is 20.2 Å². The van der Waals surface area contributed by atoms with Gasteiger partial charge in [0.05, 0.1) is 52.3 Å². The second-order valence-corrected chi connectivity index (χ2v) is 17.1. The Hall–Kier alpha value is -6.11. The highest BCUT2D eigenvalue weighted by atomic mass is 35.5. The summed E-state index contributed by atoms with van der Waals surface area (Å²) in [6.45, 7) is -1.20. The molecule has 2 aliphatic rings. The minimum Gasteiger partial charge on any atom is -0.482 e. The van der Waals surface area contributed by atoms with Gasteiger partial charge in [0.2, 0.25) is 0 Å². The van der Waals surface area contributed by atoms with Gasteiger partial charge < -0.3 is 14.2 Å². The van der Waals surface area contributed by atoms with Gasteiger partial charge in [0.25, 0.3) is 22.5 Å². The zero-order chi connectivity index (χ0) is 44.9. The SMILES string of the molecule is O=C(COc1cccc2c1CCCC2N(c1ccc(-c2cccc(F)c2)nc1)S(=O)O)OC(=O)COc1cccc2c1CCCC2N(c1ccc(-c2ccc(F)c(Cl)c2)nc1)S(=O)O. The number of hydrogen-bond acceptors (Lipinski definition) is 9. The maximum Gasteiger partial charge on any atom is 0.351 e. The van der Waals surface area contributed by atoms with Gasteiger partial charge >= 0.3 is 11.9 Å². The second kappa shape index (κ2) is 19.7. The molecule has 4 atom stereocenters. The van der Waals surface area contributed by atoms with Gasteiger partial charge in [-0.15, -0.1) is 0 Å². The van der Waals surface area contributed by atoms with E-state index in [-0.39, 0.29) is 5.02 Å². The Morgan fingerprint density at radius 3 is 1.62 bits per heavy atom. The predicted molar refractivity (Wildman–Crippen MR) is 237 cm³/mol. The van der Waals surface area contributed by atoms with E-state index in [4.69, 9.17) is 25.8 Å². The number of aromatic nitrogens is 2. The fraction of sp³-hybridized carbons (Fsp3) is 0.217. The number of carbonyl (C=O) groups is 2. The van der Waals surface area contributed by atoms with Crippen molar-refractivity contribution in [1.82, 2.24) is 9.97 Å². The van der Waals surface area contributed by atoms with Gasteiger partial charge in [-0.05, 0) is 128 Å². The molecule has 330 valence electrons. The molecule has 0 saturated heterocycles. The molecule has 18 heteroatoms. The Bertz CT molecular complexity index is 2750. The fourth-order valence-electron chi connectivity index (χ4n) is 8.23. The number of rotatable bonds is 14. The number of nitrogens with zero attached hydrogens (tertiary/aromatic N) is 4. The van der Waals surface area contributed by atoms with E-state index in [0.29, 0.717) is 83.9 Å². The Balaban J connectivity index is 0.894. The van der Waals surface area contributed by atoms with Crippen LogP contribution in [-0.4, -0.2) is 52.6 Å². The Kier molecular flexibility index (Phi) is 13.7. The van der Waals surface area contributed by atoms with Crippen LogP contribution in [0.15, 0.2) is 116 Å². The molecule has 0 bridgehead atoms. The van der Waals surface area contributed by atoms with Crippen molar-refractivity contribution in [2.24, 2.45) is 0 Å². The molecule has 13 nitrogen and oxygen atoms in total. The molecule has 2 aliphatic carbocycles. The van der Waals surface area contributed by atoms with Gasteiger partial charge in [0.1, 0.15) is 23.1 Å². The summed E-state index contributed by atoms with van der Waals surface area (Å²) in [6.07, 6.45) is 6.39. The lowest BCUT2D eigenvalue weighted by molar-refractivity contribution is -0.162. The second-order valence-electron chi connectivity index (χ2n) is 14.9. The van der Waals surface area contributed by atoms with E-state index in [1.807, 2.05) is 12.1 Å². The average molecular weight is 929 g/mol. The maximum atomic E-state index is 13.8. The third kappa shape index (κ3) is 9.83. The monoisotopic (exact) mass is 928 g/mol. The van der Waals surface area contributed by atoms with Crippen molar-refractivity contribution in [3.63, 3.8) is 0 Å². The molecule has 0 spiro atoms. The van der Waals surface area contributed by atoms with Crippen molar-refractivity contribution < 1.29 is 50.1 Å². The van der Waals surface area contributed by atoms with Gasteiger partial charge in [-0.25, -0.2) is 26.8 Å². The van der Waals surface area contributed by atoms with Crippen molar-refractivity contribution >= 4 is 57.4 Å². The lowest BCUT2D eigenvalue weighted by Gasteiger charge is -2.34. The zero-order valence-corrected chi connectivity index (χ0v) is 36.2. The Labute approximate surface area is 376 Å². The first kappa shape index (κ1) is 44.5. The van der Waals surface area contributed by atoms with E-state index < -0.39 is 71.4 Å². The van der Waals surface area contributed by atoms with Gasteiger partial charge in [-0.1, -0.05) is 48.0 Å². The lowest BCUT2D eigenvalue weighted by Crippen LogP contribution is -2.33. The molecule has 2 heterocycles. The number of benzene rings is 4. The minimum atomic E-state index is -2.46. The number of carbonyl (C=O) groups excluding carboxylic acids is 2. The first-order chi connectivity index (χ1) is 30.9. The number of hydrogen-bond donors (Lipinski definition) is 2. The van der Waals surface area contributed by atoms with Crippen molar-refractivity contribution in [3.8, 4) is 34.0 Å². The molecule has 0 aliphatic heterocycles. The van der Waals surface area contributed by atoms with E-state index in [2.05, 4.69) is 9.97 Å². The van der Waals surface area contributed by atoms with Gasteiger partial charge in [0, 0.05) is 11.1 Å². The van der Waals surface area contributed by atoms with Crippen molar-refractivity contribution in [3.05, 3.63) is 154 Å². The van der Waals surface area contributed by atoms with E-state index in [1.54, 1.807) is 60.7 Å². The average Bonchev–Trinajstić information content (AvgIpc) is 3.29. The summed E-state index contributed by atoms with van der Waals surface area (Å²) >= 11 is 1.05. The Morgan fingerprint density at radius 2 is 1.17 bits per heavy atom. The largest absolute Gasteiger partial charge is 0.482 e. The summed E-state index contributed by atoms with van der Waals surface area (Å²) in [5, 5.41) is -0.0542. The smallest absolute Gasteiger partial charge is 0.351 e. The third-order valence-electron chi connectivity index (χ3n) is 11.0. The van der Waals surface area contributed by atoms with Crippen LogP contribution in [0.25, 0.3) is 22.5 Å². The molecule has 4 unspecified atom stereocenters. The molecule has 64 heavy (non-hydrogen) atoms. The molecule has 6 aromatic rings. The quantitative estimate of drug-likeness (QED) is 0.0607. The van der Waals surface area contributed by atoms with Crippen LogP contribution < -0.4 is 18.1 Å². The number of pyridine rings is 2. The van der Waals surface area contributed by atoms with E-state index in [9.17, 15) is 35.9 Å². The topological polar surface area (TPSA) is 169 Å². The molecular formula is C46H39ClF2N4O9S2. The summed E-state index contributed by atoms with van der Waals surface area (Å²) in [5.74, 6) is -2.17.